The summed E-state index contributed by atoms with van der Waals surface area (Å²) < 4.78 is 6.47. The van der Waals surface area contributed by atoms with Crippen LogP contribution in [0, 0.1) is 36.5 Å². The molecule has 4 aliphatic rings. The number of phenolic OH excluding ortho intramolecular Hbond substituents is 1. The molecule has 1 fully saturated rings. The molecule has 40 heavy (non-hydrogen) atoms. The predicted molar refractivity (Wildman–Crippen MR) is 151 cm³/mol. The van der Waals surface area contributed by atoms with Crippen LogP contribution in [0.15, 0.2) is 42.5 Å². The fourth-order valence-corrected chi connectivity index (χ4v) is 7.02. The van der Waals surface area contributed by atoms with Crippen molar-refractivity contribution >= 4 is 28.0 Å². The maximum Gasteiger partial charge on any atom is 0.198 e. The van der Waals surface area contributed by atoms with Crippen LogP contribution in [0.25, 0.3) is 10.8 Å². The number of aliphatic hydroxyl groups excluding tert-OH is 1. The quantitative estimate of drug-likeness (QED) is 0.200. The highest BCUT2D eigenvalue weighted by molar-refractivity contribution is 6.32. The molecule has 2 bridgehead atoms. The Kier molecular flexibility index (Phi) is 4.98. The van der Waals surface area contributed by atoms with E-state index in [4.69, 9.17) is 4.74 Å². The number of phenols is 1. The number of hydrogen-bond donors (Lipinski definition) is 3. The second kappa shape index (κ2) is 8.08. The van der Waals surface area contributed by atoms with Crippen molar-refractivity contribution < 1.29 is 24.5 Å². The first-order valence-corrected chi connectivity index (χ1v) is 13.5. The van der Waals surface area contributed by atoms with E-state index >= 15 is 0 Å². The number of carbonyl (C=O) groups excluding carboxylic acids is 2. The van der Waals surface area contributed by atoms with Crippen LogP contribution in [0.1, 0.15) is 69.3 Å². The number of fused-ring (bicyclic) bond motifs is 5. The van der Waals surface area contributed by atoms with Crippen LogP contribution in [0.3, 0.4) is 0 Å². The molecule has 3 N–H and O–H groups in total. The predicted octanol–water partition coefficient (Wildman–Crippen LogP) is 4.54. The third-order valence-electron chi connectivity index (χ3n) is 8.99. The first-order chi connectivity index (χ1) is 19.2. The molecule has 0 aromatic heterocycles. The second-order valence-electron chi connectivity index (χ2n) is 11.3. The van der Waals surface area contributed by atoms with Gasteiger partial charge in [0.15, 0.2) is 23.3 Å². The van der Waals surface area contributed by atoms with Crippen molar-refractivity contribution in [2.45, 2.75) is 57.5 Å². The van der Waals surface area contributed by atoms with E-state index in [1.807, 2.05) is 26.8 Å². The van der Waals surface area contributed by atoms with Crippen molar-refractivity contribution in [2.75, 3.05) is 5.32 Å². The van der Waals surface area contributed by atoms with Crippen LogP contribution in [0.2, 0.25) is 0 Å². The number of aryl methyl sites for hydroxylation is 2. The monoisotopic (exact) mass is 529 g/mol. The zero-order valence-corrected chi connectivity index (χ0v) is 22.6. The average Bonchev–Trinajstić information content (AvgIpc) is 3.66. The van der Waals surface area contributed by atoms with Crippen molar-refractivity contribution in [3.8, 4) is 29.4 Å². The number of anilines is 1. The van der Waals surface area contributed by atoms with Crippen molar-refractivity contribution in [3.05, 3.63) is 81.4 Å². The minimum absolute atomic E-state index is 0.0574. The molecule has 198 valence electrons. The number of aromatic hydroxyl groups is 1. The lowest BCUT2D eigenvalue weighted by atomic mass is 9.67. The van der Waals surface area contributed by atoms with Gasteiger partial charge in [-0.05, 0) is 71.5 Å². The molecule has 7 rings (SSSR count). The maximum atomic E-state index is 14.3. The number of carbonyl (C=O) groups is 2. The molecule has 0 spiro atoms. The average molecular weight is 530 g/mol. The van der Waals surface area contributed by atoms with Gasteiger partial charge in [-0.15, -0.1) is 0 Å². The third-order valence-corrected chi connectivity index (χ3v) is 8.99. The minimum Gasteiger partial charge on any atom is -0.507 e. The van der Waals surface area contributed by atoms with E-state index in [1.165, 1.54) is 11.6 Å². The summed E-state index contributed by atoms with van der Waals surface area (Å²) in [6, 6.07) is 8.44. The lowest BCUT2D eigenvalue weighted by Crippen LogP contribution is -2.52. The number of rotatable bonds is 2. The van der Waals surface area contributed by atoms with Crippen LogP contribution in [0.5, 0.6) is 5.75 Å². The van der Waals surface area contributed by atoms with Gasteiger partial charge in [0.05, 0.1) is 16.8 Å². The number of aliphatic hydroxyl groups is 1. The highest BCUT2D eigenvalue weighted by Gasteiger charge is 2.81. The number of epoxide rings is 1. The summed E-state index contributed by atoms with van der Waals surface area (Å²) in [6.45, 7) is 8.07. The zero-order chi connectivity index (χ0) is 28.1. The Morgan fingerprint density at radius 3 is 2.30 bits per heavy atom. The Labute approximate surface area is 232 Å². The van der Waals surface area contributed by atoms with E-state index < -0.39 is 29.1 Å². The SMILES string of the molecule is CCc1cc2cc3c(cc2cc1C)C(=O)c1c2c(cc(O)c1C3=O)[C@@]13O[C@@]1(C(C)C)[C@H](C#C/C=C\C#C[C@H]3O)N2. The van der Waals surface area contributed by atoms with Gasteiger partial charge in [-0.3, -0.25) is 9.59 Å². The molecule has 1 saturated heterocycles. The van der Waals surface area contributed by atoms with Gasteiger partial charge in [0, 0.05) is 16.7 Å². The maximum absolute atomic E-state index is 14.3. The molecule has 4 atom stereocenters. The largest absolute Gasteiger partial charge is 0.507 e. The molecule has 0 amide bonds. The van der Waals surface area contributed by atoms with E-state index in [2.05, 4.69) is 42.0 Å². The van der Waals surface area contributed by atoms with Gasteiger partial charge in [-0.2, -0.15) is 0 Å². The summed E-state index contributed by atoms with van der Waals surface area (Å²) in [4.78, 5) is 28.2. The Bertz CT molecular complexity index is 1880. The van der Waals surface area contributed by atoms with E-state index in [-0.39, 0.29) is 39.7 Å². The fraction of sp³-hybridized carbons (Fsp3) is 0.294. The van der Waals surface area contributed by atoms with Crippen LogP contribution < -0.4 is 5.32 Å². The first-order valence-electron chi connectivity index (χ1n) is 13.5. The van der Waals surface area contributed by atoms with Crippen molar-refractivity contribution in [2.24, 2.45) is 5.92 Å². The van der Waals surface area contributed by atoms with Gasteiger partial charge >= 0.3 is 0 Å². The normalized spacial score (nSPS) is 27.6. The summed E-state index contributed by atoms with van der Waals surface area (Å²) in [5.74, 6) is 10.6. The molecule has 3 aromatic rings. The van der Waals surface area contributed by atoms with Gasteiger partial charge in [0.1, 0.15) is 17.4 Å². The molecule has 0 saturated carbocycles. The van der Waals surface area contributed by atoms with Crippen molar-refractivity contribution in [3.63, 3.8) is 0 Å². The number of allylic oxidation sites excluding steroid dienone is 2. The minimum atomic E-state index is -1.34. The Morgan fingerprint density at radius 1 is 0.975 bits per heavy atom. The lowest BCUT2D eigenvalue weighted by Gasteiger charge is -2.38. The smallest absolute Gasteiger partial charge is 0.198 e. The molecule has 3 aromatic carbocycles. The summed E-state index contributed by atoms with van der Waals surface area (Å²) in [5.41, 5.74) is 1.28. The summed E-state index contributed by atoms with van der Waals surface area (Å²) >= 11 is 0. The molecule has 6 heteroatoms. The fourth-order valence-electron chi connectivity index (χ4n) is 7.02. The van der Waals surface area contributed by atoms with Gasteiger partial charge in [-0.1, -0.05) is 56.6 Å². The first kappa shape index (κ1) is 24.7. The van der Waals surface area contributed by atoms with E-state index in [0.717, 1.165) is 22.8 Å². The van der Waals surface area contributed by atoms with Gasteiger partial charge in [-0.25, -0.2) is 0 Å². The van der Waals surface area contributed by atoms with Crippen LogP contribution in [-0.2, 0) is 16.8 Å². The highest BCUT2D eigenvalue weighted by Crippen LogP contribution is 2.68. The number of hydrogen-bond acceptors (Lipinski definition) is 6. The lowest BCUT2D eigenvalue weighted by molar-refractivity contribution is 0.0975. The number of benzene rings is 3. The van der Waals surface area contributed by atoms with Gasteiger partial charge in [0.2, 0.25) is 0 Å². The van der Waals surface area contributed by atoms with E-state index in [0.29, 0.717) is 11.3 Å². The van der Waals surface area contributed by atoms with E-state index in [1.54, 1.807) is 24.3 Å². The Balaban J connectivity index is 1.50. The second-order valence-corrected chi connectivity index (χ2v) is 11.3. The van der Waals surface area contributed by atoms with Crippen LogP contribution in [0.4, 0.5) is 5.69 Å². The summed E-state index contributed by atoms with van der Waals surface area (Å²) in [7, 11) is 0. The summed E-state index contributed by atoms with van der Waals surface area (Å²) in [6.07, 6.45) is 2.76. The Hall–Kier alpha value is -4.36. The molecule has 0 radical (unpaired) electrons. The van der Waals surface area contributed by atoms with Crippen molar-refractivity contribution in [1.29, 1.82) is 0 Å². The molecule has 0 unspecified atom stereocenters. The highest BCUT2D eigenvalue weighted by atomic mass is 16.6. The number of nitrogens with one attached hydrogen (secondary N) is 1. The molecule has 2 heterocycles. The van der Waals surface area contributed by atoms with E-state index in [9.17, 15) is 19.8 Å². The zero-order valence-electron chi connectivity index (χ0n) is 22.6. The standard InChI is InChI=1S/C34H27NO5/c1-5-19-13-21-15-22-23(14-20(21)12-18(19)4)32(39)29-28(31(22)38)25(36)16-24-30(29)35-26-10-8-6-7-9-11-27(37)34(24)33(26,40-34)17(2)3/h6-7,12-17,26-27,35-37H,5H2,1-4H3/b7-6-/t26-,27+,33-,34-/m0/s1. The van der Waals surface area contributed by atoms with Gasteiger partial charge < -0.3 is 20.3 Å². The number of ketones is 2. The van der Waals surface area contributed by atoms with Crippen LogP contribution >= 0.6 is 0 Å². The molecule has 2 aliphatic carbocycles. The third kappa shape index (κ3) is 2.88. The van der Waals surface area contributed by atoms with Gasteiger partial charge in [0.25, 0.3) is 0 Å². The topological polar surface area (TPSA) is 99.2 Å². The van der Waals surface area contributed by atoms with Crippen molar-refractivity contribution in [1.82, 2.24) is 0 Å². The molecular formula is C34H27NO5. The molecular weight excluding hydrogens is 502 g/mol. The molecule has 6 nitrogen and oxygen atoms in total. The molecule has 2 aliphatic heterocycles. The number of ether oxygens (including phenoxy) is 1. The Morgan fingerprint density at radius 2 is 1.62 bits per heavy atom. The van der Waals surface area contributed by atoms with Crippen LogP contribution in [-0.4, -0.2) is 39.5 Å². The summed E-state index contributed by atoms with van der Waals surface area (Å²) in [5, 5.41) is 27.9.